The molecule has 0 atom stereocenters. The monoisotopic (exact) mass is 273 g/mol. The van der Waals surface area contributed by atoms with E-state index in [0.717, 1.165) is 23.7 Å². The van der Waals surface area contributed by atoms with Gasteiger partial charge in [0.25, 0.3) is 5.91 Å². The van der Waals surface area contributed by atoms with Gasteiger partial charge >= 0.3 is 0 Å². The van der Waals surface area contributed by atoms with Gasteiger partial charge in [-0.1, -0.05) is 18.2 Å². The number of benzene rings is 1. The number of nitrogen functional groups attached to an aromatic ring is 1. The van der Waals surface area contributed by atoms with Gasteiger partial charge in [-0.15, -0.1) is 0 Å². The van der Waals surface area contributed by atoms with Crippen molar-refractivity contribution in [3.05, 3.63) is 35.9 Å². The van der Waals surface area contributed by atoms with Crippen LogP contribution in [-0.2, 0) is 4.74 Å². The number of nitrogens with two attached hydrogens (primary N) is 1. The summed E-state index contributed by atoms with van der Waals surface area (Å²) in [7, 11) is 1.67. The summed E-state index contributed by atoms with van der Waals surface area (Å²) < 4.78 is 4.97. The number of anilines is 1. The average Bonchev–Trinajstić information content (AvgIpc) is 2.46. The number of hydrogen-bond acceptors (Lipinski definition) is 4. The van der Waals surface area contributed by atoms with E-state index < -0.39 is 0 Å². The predicted octanol–water partition coefficient (Wildman–Crippen LogP) is 1.97. The minimum Gasteiger partial charge on any atom is -0.385 e. The first-order valence-corrected chi connectivity index (χ1v) is 6.65. The topological polar surface area (TPSA) is 77.2 Å². The molecule has 0 aliphatic heterocycles. The third-order valence-electron chi connectivity index (χ3n) is 3.04. The third-order valence-corrected chi connectivity index (χ3v) is 3.04. The molecular weight excluding hydrogens is 254 g/mol. The Morgan fingerprint density at radius 1 is 1.35 bits per heavy atom. The Morgan fingerprint density at radius 3 is 2.95 bits per heavy atom. The number of rotatable bonds is 6. The molecule has 0 radical (unpaired) electrons. The molecule has 1 aromatic carbocycles. The number of carbonyl (C=O) groups is 1. The second kappa shape index (κ2) is 6.86. The van der Waals surface area contributed by atoms with Gasteiger partial charge in [0.1, 0.15) is 5.82 Å². The maximum Gasteiger partial charge on any atom is 0.252 e. The van der Waals surface area contributed by atoms with Gasteiger partial charge < -0.3 is 15.8 Å². The van der Waals surface area contributed by atoms with Crippen molar-refractivity contribution < 1.29 is 9.53 Å². The Bertz CT molecular complexity index is 599. The van der Waals surface area contributed by atoms with Gasteiger partial charge in [0, 0.05) is 25.6 Å². The molecule has 106 valence electrons. The maximum absolute atomic E-state index is 12.2. The number of amides is 1. The number of nitrogens with zero attached hydrogens (tertiary/aromatic N) is 1. The van der Waals surface area contributed by atoms with Crippen molar-refractivity contribution in [2.75, 3.05) is 26.0 Å². The number of para-hydroxylation sites is 1. The lowest BCUT2D eigenvalue weighted by Crippen LogP contribution is -2.25. The standard InChI is InChI=1S/C15H19N3O2/c1-20-9-5-4-8-17-15(19)12-10-14(16)18-13-7-3-2-6-11(12)13/h2-3,6-7,10H,4-5,8-9H2,1H3,(H2,16,18)(H,17,19). The summed E-state index contributed by atoms with van der Waals surface area (Å²) in [5.74, 6) is 0.237. The molecule has 0 bridgehead atoms. The second-order valence-corrected chi connectivity index (χ2v) is 4.57. The first-order valence-electron chi connectivity index (χ1n) is 6.65. The molecule has 0 spiro atoms. The molecule has 0 aliphatic carbocycles. The summed E-state index contributed by atoms with van der Waals surface area (Å²) in [6, 6.07) is 9.10. The van der Waals surface area contributed by atoms with Crippen LogP contribution in [0.25, 0.3) is 10.9 Å². The largest absolute Gasteiger partial charge is 0.385 e. The molecule has 2 aromatic rings. The molecule has 20 heavy (non-hydrogen) atoms. The minimum absolute atomic E-state index is 0.118. The highest BCUT2D eigenvalue weighted by Crippen LogP contribution is 2.19. The van der Waals surface area contributed by atoms with Gasteiger partial charge in [-0.3, -0.25) is 4.79 Å². The fourth-order valence-corrected chi connectivity index (χ4v) is 2.05. The lowest BCUT2D eigenvalue weighted by Gasteiger charge is -2.08. The number of carbonyl (C=O) groups excluding carboxylic acids is 1. The summed E-state index contributed by atoms with van der Waals surface area (Å²) in [5.41, 5.74) is 7.05. The predicted molar refractivity (Wildman–Crippen MR) is 79.6 cm³/mol. The molecule has 3 N–H and O–H groups in total. The Labute approximate surface area is 118 Å². The number of unbranched alkanes of at least 4 members (excludes halogenated alkanes) is 1. The molecule has 1 amide bonds. The van der Waals surface area contributed by atoms with Crippen molar-refractivity contribution in [1.82, 2.24) is 10.3 Å². The Morgan fingerprint density at radius 2 is 2.15 bits per heavy atom. The zero-order valence-electron chi connectivity index (χ0n) is 11.6. The highest BCUT2D eigenvalue weighted by Gasteiger charge is 2.11. The highest BCUT2D eigenvalue weighted by molar-refractivity contribution is 6.06. The quantitative estimate of drug-likeness (QED) is 0.789. The van der Waals surface area contributed by atoms with E-state index in [0.29, 0.717) is 24.5 Å². The molecular formula is C15H19N3O2. The van der Waals surface area contributed by atoms with Crippen LogP contribution in [0.15, 0.2) is 30.3 Å². The van der Waals surface area contributed by atoms with Crippen LogP contribution in [0.1, 0.15) is 23.2 Å². The zero-order chi connectivity index (χ0) is 14.4. The number of pyridine rings is 1. The lowest BCUT2D eigenvalue weighted by atomic mass is 10.1. The van der Waals surface area contributed by atoms with Crippen LogP contribution in [0.2, 0.25) is 0 Å². The Balaban J connectivity index is 2.09. The van der Waals surface area contributed by atoms with Gasteiger partial charge in [-0.05, 0) is 25.0 Å². The molecule has 1 aromatic heterocycles. The van der Waals surface area contributed by atoms with E-state index in [-0.39, 0.29) is 5.91 Å². The number of ether oxygens (including phenoxy) is 1. The number of nitrogens with one attached hydrogen (secondary N) is 1. The first-order chi connectivity index (χ1) is 9.72. The Hall–Kier alpha value is -2.14. The van der Waals surface area contributed by atoms with Crippen molar-refractivity contribution in [3.8, 4) is 0 Å². The summed E-state index contributed by atoms with van der Waals surface area (Å²) in [6.07, 6.45) is 1.81. The van der Waals surface area contributed by atoms with Crippen LogP contribution in [0.4, 0.5) is 5.82 Å². The fraction of sp³-hybridized carbons (Fsp3) is 0.333. The summed E-state index contributed by atoms with van der Waals surface area (Å²) in [5, 5.41) is 3.72. The minimum atomic E-state index is -0.118. The van der Waals surface area contributed by atoms with E-state index >= 15 is 0 Å². The average molecular weight is 273 g/mol. The number of methoxy groups -OCH3 is 1. The smallest absolute Gasteiger partial charge is 0.252 e. The van der Waals surface area contributed by atoms with Crippen LogP contribution < -0.4 is 11.1 Å². The van der Waals surface area contributed by atoms with Crippen LogP contribution >= 0.6 is 0 Å². The van der Waals surface area contributed by atoms with E-state index in [1.807, 2.05) is 24.3 Å². The van der Waals surface area contributed by atoms with E-state index in [1.165, 1.54) is 0 Å². The number of fused-ring (bicyclic) bond motifs is 1. The summed E-state index contributed by atoms with van der Waals surface area (Å²) >= 11 is 0. The van der Waals surface area contributed by atoms with Gasteiger partial charge in [0.05, 0.1) is 11.1 Å². The molecule has 2 rings (SSSR count). The molecule has 5 nitrogen and oxygen atoms in total. The van der Waals surface area contributed by atoms with Crippen molar-refractivity contribution >= 4 is 22.6 Å². The molecule has 0 saturated carbocycles. The van der Waals surface area contributed by atoms with Gasteiger partial charge in [0.15, 0.2) is 0 Å². The van der Waals surface area contributed by atoms with E-state index in [2.05, 4.69) is 10.3 Å². The van der Waals surface area contributed by atoms with Gasteiger partial charge in [-0.2, -0.15) is 0 Å². The molecule has 0 unspecified atom stereocenters. The fourth-order valence-electron chi connectivity index (χ4n) is 2.05. The van der Waals surface area contributed by atoms with Crippen LogP contribution in [0.5, 0.6) is 0 Å². The first kappa shape index (κ1) is 14.3. The van der Waals surface area contributed by atoms with E-state index in [4.69, 9.17) is 10.5 Å². The normalized spacial score (nSPS) is 10.7. The highest BCUT2D eigenvalue weighted by atomic mass is 16.5. The molecule has 0 fully saturated rings. The van der Waals surface area contributed by atoms with Crippen LogP contribution in [0.3, 0.4) is 0 Å². The van der Waals surface area contributed by atoms with Crippen molar-refractivity contribution in [2.24, 2.45) is 0 Å². The Kier molecular flexibility index (Phi) is 4.90. The maximum atomic E-state index is 12.2. The summed E-state index contributed by atoms with van der Waals surface area (Å²) in [6.45, 7) is 1.33. The molecule has 0 saturated heterocycles. The number of hydrogen-bond donors (Lipinski definition) is 2. The number of aromatic nitrogens is 1. The summed E-state index contributed by atoms with van der Waals surface area (Å²) in [4.78, 5) is 16.4. The molecule has 0 aliphatic rings. The van der Waals surface area contributed by atoms with Gasteiger partial charge in [-0.25, -0.2) is 4.98 Å². The zero-order valence-corrected chi connectivity index (χ0v) is 11.6. The van der Waals surface area contributed by atoms with Crippen LogP contribution in [0, 0.1) is 0 Å². The SMILES string of the molecule is COCCCCNC(=O)c1cc(N)nc2ccccc12. The van der Waals surface area contributed by atoms with E-state index in [9.17, 15) is 4.79 Å². The van der Waals surface area contributed by atoms with Crippen molar-refractivity contribution in [3.63, 3.8) is 0 Å². The second-order valence-electron chi connectivity index (χ2n) is 4.57. The third kappa shape index (κ3) is 3.45. The van der Waals surface area contributed by atoms with Crippen molar-refractivity contribution in [2.45, 2.75) is 12.8 Å². The molecule has 1 heterocycles. The molecule has 5 heteroatoms. The van der Waals surface area contributed by atoms with Crippen LogP contribution in [-0.4, -0.2) is 31.2 Å². The van der Waals surface area contributed by atoms with E-state index in [1.54, 1.807) is 13.2 Å². The van der Waals surface area contributed by atoms with Gasteiger partial charge in [0.2, 0.25) is 0 Å². The van der Waals surface area contributed by atoms with Crippen molar-refractivity contribution in [1.29, 1.82) is 0 Å². The lowest BCUT2D eigenvalue weighted by molar-refractivity contribution is 0.0953.